The van der Waals surface area contributed by atoms with Crippen molar-refractivity contribution in [1.82, 2.24) is 62.3 Å². The first-order chi connectivity index (χ1) is 74.5. The number of nitrogens with zero attached hydrogens (tertiary/aromatic N) is 13. The lowest BCUT2D eigenvalue weighted by molar-refractivity contribution is 1.05. The third kappa shape index (κ3) is 15.0. The molecule has 0 aliphatic carbocycles. The maximum Gasteiger partial charge on any atom is 0.166 e. The predicted molar refractivity (Wildman–Crippen MR) is 619 cm³/mol. The maximum absolute atomic E-state index is 5.34. The highest BCUT2D eigenvalue weighted by atomic mass is 15.1. The van der Waals surface area contributed by atoms with E-state index in [1.165, 1.54) is 64.6 Å². The van der Waals surface area contributed by atoms with Gasteiger partial charge in [-0.25, -0.2) is 34.9 Å². The van der Waals surface area contributed by atoms with Gasteiger partial charge in [-0.1, -0.05) is 425 Å². The van der Waals surface area contributed by atoms with Gasteiger partial charge >= 0.3 is 0 Å². The Bertz CT molecular complexity index is 9050. The fourth-order valence-electron chi connectivity index (χ4n) is 22.5. The van der Waals surface area contributed by atoms with Gasteiger partial charge < -0.3 is 27.4 Å². The van der Waals surface area contributed by atoms with Crippen LogP contribution in [0.5, 0.6) is 0 Å². The fraction of sp³-hybridized carbons (Fsp3) is 0. The van der Waals surface area contributed by atoms with Gasteiger partial charge in [0.1, 0.15) is 0 Å². The van der Waals surface area contributed by atoms with E-state index in [9.17, 15) is 0 Å². The Kier molecular flexibility index (Phi) is 21.6. The molecule has 0 aliphatic rings. The minimum absolute atomic E-state index is 0.609. The number of aromatic nitrogens is 13. The summed E-state index contributed by atoms with van der Waals surface area (Å²) in [7, 11) is 0. The van der Waals surface area contributed by atoms with E-state index in [1.807, 2.05) is 72.8 Å². The van der Waals surface area contributed by atoms with Crippen molar-refractivity contribution in [2.45, 2.75) is 0 Å². The van der Waals surface area contributed by atoms with Crippen molar-refractivity contribution in [2.75, 3.05) is 0 Å². The molecule has 9 aromatic heterocycles. The zero-order valence-electron chi connectivity index (χ0n) is 81.2. The topological polar surface area (TPSA) is 120 Å². The molecule has 0 bridgehead atoms. The molecule has 0 atom stereocenters. The molecule has 0 N–H and O–H groups in total. The van der Waals surface area contributed by atoms with Gasteiger partial charge in [0.2, 0.25) is 0 Å². The first kappa shape index (κ1) is 87.4. The van der Waals surface area contributed by atoms with Crippen molar-refractivity contribution in [1.29, 1.82) is 0 Å². The van der Waals surface area contributed by atoms with E-state index >= 15 is 0 Å². The summed E-state index contributed by atoms with van der Waals surface area (Å²) < 4.78 is 14.5. The van der Waals surface area contributed by atoms with Crippen molar-refractivity contribution in [3.8, 4) is 136 Å². The second kappa shape index (κ2) is 37.1. The Morgan fingerprint density at radius 2 is 0.280 bits per heavy atom. The lowest BCUT2D eigenvalue weighted by Crippen LogP contribution is -2.08. The van der Waals surface area contributed by atoms with Crippen molar-refractivity contribution >= 4 is 131 Å². The SMILES string of the molecule is c1ccc(-c2cc(-c3cccc(-n4c5ccccc5c5ccccc54)c3-n3c4ccccc4c4ccccc43)nc(-c3ccccc3)n2)cc1.c1ccc(-c2cc(-c3ccccc3)nc(-c3cccc(-n4c5ccccc5c5ccccc54)c3-n3c4ccccc4c4ccccc43)n2)cc1.c1ccc(-c2nc(-c3ccccc3)nc(-c3cccc(-n4c5ccccc5c5ccccc54)c3-n3c4ccccc4c4ccccc43)n2)cc1. The third-order valence-corrected chi connectivity index (χ3v) is 29.1. The predicted octanol–water partition coefficient (Wildman–Crippen LogP) is 34.4. The van der Waals surface area contributed by atoms with Crippen LogP contribution in [0.3, 0.4) is 0 Å². The highest BCUT2D eigenvalue weighted by Crippen LogP contribution is 2.49. The van der Waals surface area contributed by atoms with Crippen molar-refractivity contribution in [3.63, 3.8) is 0 Å². The van der Waals surface area contributed by atoms with Crippen LogP contribution in [0, 0.1) is 0 Å². The van der Waals surface area contributed by atoms with E-state index in [1.54, 1.807) is 0 Å². The summed E-state index contributed by atoms with van der Waals surface area (Å²) in [4.78, 5) is 36.6. The molecule has 13 heteroatoms. The van der Waals surface area contributed by atoms with E-state index in [0.29, 0.717) is 29.1 Å². The standard InChI is InChI=1S/2C46H30N4.C45H29N5/c1-3-16-31(17-4-1)38-30-39(48-46(47-38)32-18-5-2-6-19-32)37-24-15-29-44(49-40-25-11-7-20-33(40)34-21-8-12-26-41(34)49)45(37)50-42-27-13-9-22-35(42)36-23-10-14-28-43(36)50;1-3-16-31(17-4-1)38-30-39(32-18-5-2-6-19-32)48-46(47-38)37-24-15-29-44(49-40-25-11-7-20-33(40)34-21-8-12-26-41(34)49)45(37)50-42-27-13-9-22-35(42)36-23-10-14-28-43(36)50;1-3-16-30(17-4-1)43-46-44(31-18-5-2-6-19-31)48-45(47-43)36-24-15-29-41(49-37-25-11-7-20-32(37)33-21-8-12-26-38(33)49)42(36)50-39-27-13-9-22-34(39)35-23-10-14-28-40(35)50/h2*1-30H;1-29H. The third-order valence-electron chi connectivity index (χ3n) is 29.1. The average Bonchev–Trinajstić information content (AvgIpc) is 1.56. The van der Waals surface area contributed by atoms with Crippen LogP contribution in [-0.2, 0) is 0 Å². The smallest absolute Gasteiger partial charge is 0.166 e. The number of hydrogen-bond acceptors (Lipinski definition) is 7. The van der Waals surface area contributed by atoms with Gasteiger partial charge in [0, 0.05) is 115 Å². The van der Waals surface area contributed by atoms with Crippen LogP contribution in [-0.4, -0.2) is 62.3 Å². The molecule has 30 aromatic rings. The molecule has 9 heterocycles. The van der Waals surface area contributed by atoms with Crippen molar-refractivity contribution in [3.05, 3.63) is 540 Å². The number of para-hydroxylation sites is 15. The molecule has 702 valence electrons. The molecule has 0 radical (unpaired) electrons. The molecular weight excluding hydrogens is 1830 g/mol. The maximum atomic E-state index is 5.34. The van der Waals surface area contributed by atoms with Crippen molar-refractivity contribution in [2.24, 2.45) is 0 Å². The van der Waals surface area contributed by atoms with Crippen molar-refractivity contribution < 1.29 is 0 Å². The zero-order valence-corrected chi connectivity index (χ0v) is 81.2. The summed E-state index contributed by atoms with van der Waals surface area (Å²) in [6, 6.07) is 190. The molecule has 21 aromatic carbocycles. The highest BCUT2D eigenvalue weighted by Gasteiger charge is 2.31. The Hall–Kier alpha value is -20.4. The minimum Gasteiger partial charge on any atom is -0.307 e. The summed E-state index contributed by atoms with van der Waals surface area (Å²) >= 11 is 0. The Balaban J connectivity index is 0.000000108. The second-order valence-electron chi connectivity index (χ2n) is 37.7. The van der Waals surface area contributed by atoms with E-state index in [-0.39, 0.29) is 0 Å². The largest absolute Gasteiger partial charge is 0.307 e. The minimum atomic E-state index is 0.609. The fourth-order valence-corrected chi connectivity index (χ4v) is 22.5. The van der Waals surface area contributed by atoms with Crippen LogP contribution in [0.25, 0.3) is 267 Å². The first-order valence-electron chi connectivity index (χ1n) is 50.7. The van der Waals surface area contributed by atoms with E-state index in [2.05, 4.69) is 495 Å². The van der Waals surface area contributed by atoms with Crippen LogP contribution in [0.1, 0.15) is 0 Å². The second-order valence-corrected chi connectivity index (χ2v) is 37.7. The van der Waals surface area contributed by atoms with Gasteiger partial charge in [-0.2, -0.15) is 0 Å². The van der Waals surface area contributed by atoms with Gasteiger partial charge in [0.25, 0.3) is 0 Å². The lowest BCUT2D eigenvalue weighted by Gasteiger charge is -2.21. The number of rotatable bonds is 15. The normalized spacial score (nSPS) is 11.6. The van der Waals surface area contributed by atoms with Crippen LogP contribution < -0.4 is 0 Å². The van der Waals surface area contributed by atoms with E-state index in [4.69, 9.17) is 34.9 Å². The van der Waals surface area contributed by atoms with Crippen LogP contribution in [0.4, 0.5) is 0 Å². The summed E-state index contributed by atoms with van der Waals surface area (Å²) in [6.07, 6.45) is 0. The monoisotopic (exact) mass is 1920 g/mol. The van der Waals surface area contributed by atoms with Gasteiger partial charge in [-0.15, -0.1) is 0 Å². The summed E-state index contributed by atoms with van der Waals surface area (Å²) in [6.45, 7) is 0. The molecule has 0 saturated heterocycles. The van der Waals surface area contributed by atoms with Gasteiger partial charge in [-0.05, 0) is 115 Å². The average molecular weight is 1920 g/mol. The number of benzene rings is 21. The quantitative estimate of drug-likeness (QED) is 0.100. The van der Waals surface area contributed by atoms with Crippen LogP contribution in [0.2, 0.25) is 0 Å². The molecule has 0 amide bonds. The van der Waals surface area contributed by atoms with Gasteiger partial charge in [0.15, 0.2) is 29.1 Å². The van der Waals surface area contributed by atoms with Crippen LogP contribution >= 0.6 is 0 Å². The number of fused-ring (bicyclic) bond motifs is 18. The molecule has 0 fully saturated rings. The molecular formula is C137H89N13. The van der Waals surface area contributed by atoms with E-state index in [0.717, 1.165) is 173 Å². The van der Waals surface area contributed by atoms with Gasteiger partial charge in [-0.3, -0.25) is 0 Å². The molecule has 150 heavy (non-hydrogen) atoms. The molecule has 0 aliphatic heterocycles. The Morgan fingerprint density at radius 3 is 0.527 bits per heavy atom. The number of hydrogen-bond donors (Lipinski definition) is 0. The van der Waals surface area contributed by atoms with Gasteiger partial charge in [0.05, 0.1) is 123 Å². The Labute approximate surface area is 863 Å². The summed E-state index contributed by atoms with van der Waals surface area (Å²) in [5, 5.41) is 14.5. The molecule has 13 nitrogen and oxygen atoms in total. The molecule has 0 unspecified atom stereocenters. The zero-order chi connectivity index (χ0) is 99.1. The molecule has 0 saturated carbocycles. The first-order valence-corrected chi connectivity index (χ1v) is 50.7. The lowest BCUT2D eigenvalue weighted by atomic mass is 10.0. The summed E-state index contributed by atoms with van der Waals surface area (Å²) in [5.41, 5.74) is 32.3. The Morgan fingerprint density at radius 1 is 0.113 bits per heavy atom. The molecule has 30 rings (SSSR count). The van der Waals surface area contributed by atoms with Crippen LogP contribution in [0.15, 0.2) is 540 Å². The summed E-state index contributed by atoms with van der Waals surface area (Å²) in [5.74, 6) is 3.23. The highest BCUT2D eigenvalue weighted by molar-refractivity contribution is 6.17. The van der Waals surface area contributed by atoms with E-state index < -0.39 is 0 Å². The molecule has 0 spiro atoms.